The van der Waals surface area contributed by atoms with Gasteiger partial charge in [0.1, 0.15) is 5.75 Å². The highest BCUT2D eigenvalue weighted by atomic mass is 16.5. The predicted molar refractivity (Wildman–Crippen MR) is 80.0 cm³/mol. The Kier molecular flexibility index (Phi) is 3.99. The summed E-state index contributed by atoms with van der Waals surface area (Å²) in [7, 11) is 0. The number of hydrogen-bond acceptors (Lipinski definition) is 3. The normalized spacial score (nSPS) is 28.1. The van der Waals surface area contributed by atoms with Gasteiger partial charge in [-0.25, -0.2) is 0 Å². The zero-order valence-corrected chi connectivity index (χ0v) is 12.3. The minimum Gasteiger partial charge on any atom is -0.490 e. The SMILES string of the molecule is CCN1CCCC(O)(c2cccc(OC3CC3)c2)CC1. The number of hydrogen-bond donors (Lipinski definition) is 1. The highest BCUT2D eigenvalue weighted by Gasteiger charge is 2.32. The predicted octanol–water partition coefficient (Wildman–Crippen LogP) is 2.92. The van der Waals surface area contributed by atoms with Crippen molar-refractivity contribution in [3.05, 3.63) is 29.8 Å². The molecule has 0 aromatic heterocycles. The second-order valence-electron chi connectivity index (χ2n) is 6.16. The first kappa shape index (κ1) is 13.9. The lowest BCUT2D eigenvalue weighted by molar-refractivity contribution is 0.0211. The van der Waals surface area contributed by atoms with Crippen molar-refractivity contribution in [2.75, 3.05) is 19.6 Å². The lowest BCUT2D eigenvalue weighted by atomic mass is 9.87. The molecule has 20 heavy (non-hydrogen) atoms. The lowest BCUT2D eigenvalue weighted by Gasteiger charge is -2.28. The van der Waals surface area contributed by atoms with Gasteiger partial charge < -0.3 is 14.7 Å². The van der Waals surface area contributed by atoms with E-state index in [-0.39, 0.29) is 0 Å². The molecule has 0 amide bonds. The van der Waals surface area contributed by atoms with Crippen molar-refractivity contribution in [2.24, 2.45) is 0 Å². The quantitative estimate of drug-likeness (QED) is 0.917. The molecule has 3 heteroatoms. The van der Waals surface area contributed by atoms with E-state index in [1.165, 1.54) is 12.8 Å². The van der Waals surface area contributed by atoms with Gasteiger partial charge in [0, 0.05) is 6.54 Å². The van der Waals surface area contributed by atoms with Crippen molar-refractivity contribution in [1.29, 1.82) is 0 Å². The van der Waals surface area contributed by atoms with Gasteiger partial charge in [0.2, 0.25) is 0 Å². The maximum Gasteiger partial charge on any atom is 0.120 e. The van der Waals surface area contributed by atoms with Gasteiger partial charge in [-0.05, 0) is 62.9 Å². The molecule has 1 aliphatic carbocycles. The van der Waals surface area contributed by atoms with Crippen LogP contribution in [0.2, 0.25) is 0 Å². The summed E-state index contributed by atoms with van der Waals surface area (Å²) in [6.07, 6.45) is 5.45. The molecule has 1 unspecified atom stereocenters. The fraction of sp³-hybridized carbons (Fsp3) is 0.647. The number of rotatable bonds is 4. The summed E-state index contributed by atoms with van der Waals surface area (Å²) in [5.74, 6) is 0.912. The fourth-order valence-electron chi connectivity index (χ4n) is 3.02. The standard InChI is InChI=1S/C17H25NO2/c1-2-18-11-4-9-17(19,10-12-18)14-5-3-6-16(13-14)20-15-7-8-15/h3,5-6,13,15,19H,2,4,7-12H2,1H3. The summed E-state index contributed by atoms with van der Waals surface area (Å²) < 4.78 is 5.85. The van der Waals surface area contributed by atoms with Crippen molar-refractivity contribution in [2.45, 2.75) is 50.7 Å². The van der Waals surface area contributed by atoms with Gasteiger partial charge in [-0.1, -0.05) is 19.1 Å². The van der Waals surface area contributed by atoms with E-state index in [9.17, 15) is 5.11 Å². The van der Waals surface area contributed by atoms with Gasteiger partial charge in [0.15, 0.2) is 0 Å². The number of likely N-dealkylation sites (tertiary alicyclic amines) is 1. The van der Waals surface area contributed by atoms with Crippen LogP contribution in [0.5, 0.6) is 5.75 Å². The topological polar surface area (TPSA) is 32.7 Å². The van der Waals surface area contributed by atoms with E-state index in [1.54, 1.807) is 0 Å². The van der Waals surface area contributed by atoms with Crippen molar-refractivity contribution in [3.63, 3.8) is 0 Å². The minimum atomic E-state index is -0.688. The van der Waals surface area contributed by atoms with Crippen LogP contribution in [0.4, 0.5) is 0 Å². The molecule has 0 radical (unpaired) electrons. The van der Waals surface area contributed by atoms with E-state index < -0.39 is 5.60 Å². The van der Waals surface area contributed by atoms with Crippen LogP contribution in [-0.2, 0) is 5.60 Å². The smallest absolute Gasteiger partial charge is 0.120 e. The van der Waals surface area contributed by atoms with Crippen molar-refractivity contribution < 1.29 is 9.84 Å². The van der Waals surface area contributed by atoms with Crippen LogP contribution in [0.1, 0.15) is 44.6 Å². The highest BCUT2D eigenvalue weighted by Crippen LogP contribution is 2.35. The molecule has 1 atom stereocenters. The minimum absolute atomic E-state index is 0.407. The van der Waals surface area contributed by atoms with Gasteiger partial charge in [-0.2, -0.15) is 0 Å². The number of ether oxygens (including phenoxy) is 1. The second-order valence-corrected chi connectivity index (χ2v) is 6.16. The van der Waals surface area contributed by atoms with E-state index in [2.05, 4.69) is 11.8 Å². The number of nitrogens with zero attached hydrogens (tertiary/aromatic N) is 1. The number of benzene rings is 1. The zero-order chi connectivity index (χ0) is 14.0. The summed E-state index contributed by atoms with van der Waals surface area (Å²) >= 11 is 0. The van der Waals surface area contributed by atoms with Gasteiger partial charge in [-0.15, -0.1) is 0 Å². The maximum absolute atomic E-state index is 11.0. The van der Waals surface area contributed by atoms with Crippen molar-refractivity contribution in [1.82, 2.24) is 4.90 Å². The van der Waals surface area contributed by atoms with Crippen LogP contribution in [0, 0.1) is 0 Å². The van der Waals surface area contributed by atoms with Crippen molar-refractivity contribution >= 4 is 0 Å². The Bertz CT molecular complexity index is 458. The molecule has 0 bridgehead atoms. The van der Waals surface area contributed by atoms with Crippen LogP contribution in [0.3, 0.4) is 0 Å². The van der Waals surface area contributed by atoms with Gasteiger partial charge in [-0.3, -0.25) is 0 Å². The molecule has 2 fully saturated rings. The van der Waals surface area contributed by atoms with E-state index in [0.717, 1.165) is 50.2 Å². The largest absolute Gasteiger partial charge is 0.490 e. The molecule has 2 aliphatic rings. The van der Waals surface area contributed by atoms with Crippen LogP contribution >= 0.6 is 0 Å². The average Bonchev–Trinajstić information content (AvgIpc) is 3.27. The Morgan fingerprint density at radius 1 is 1.30 bits per heavy atom. The molecule has 1 saturated carbocycles. The first-order chi connectivity index (χ1) is 9.69. The molecule has 3 rings (SSSR count). The molecule has 1 saturated heterocycles. The monoisotopic (exact) mass is 275 g/mol. The molecule has 110 valence electrons. The third kappa shape index (κ3) is 3.15. The Balaban J connectivity index is 1.75. The average molecular weight is 275 g/mol. The first-order valence-electron chi connectivity index (χ1n) is 7.91. The first-order valence-corrected chi connectivity index (χ1v) is 7.91. The van der Waals surface area contributed by atoms with E-state index in [1.807, 2.05) is 24.3 Å². The Labute approximate surface area is 121 Å². The summed E-state index contributed by atoms with van der Waals surface area (Å²) in [5, 5.41) is 11.0. The summed E-state index contributed by atoms with van der Waals surface area (Å²) in [6.45, 7) is 5.33. The van der Waals surface area contributed by atoms with E-state index in [4.69, 9.17) is 4.74 Å². The molecule has 1 aromatic carbocycles. The molecular weight excluding hydrogens is 250 g/mol. The highest BCUT2D eigenvalue weighted by molar-refractivity contribution is 5.33. The Hall–Kier alpha value is -1.06. The van der Waals surface area contributed by atoms with E-state index >= 15 is 0 Å². The Morgan fingerprint density at radius 2 is 2.15 bits per heavy atom. The second kappa shape index (κ2) is 5.74. The molecule has 1 N–H and O–H groups in total. The van der Waals surface area contributed by atoms with Gasteiger partial charge in [0.05, 0.1) is 11.7 Å². The van der Waals surface area contributed by atoms with Crippen molar-refractivity contribution in [3.8, 4) is 5.75 Å². The molecule has 1 aliphatic heterocycles. The summed E-state index contributed by atoms with van der Waals surface area (Å²) in [4.78, 5) is 2.42. The molecule has 1 aromatic rings. The van der Waals surface area contributed by atoms with Crippen LogP contribution < -0.4 is 4.74 Å². The van der Waals surface area contributed by atoms with Crippen LogP contribution in [0.15, 0.2) is 24.3 Å². The molecule has 0 spiro atoms. The fourth-order valence-corrected chi connectivity index (χ4v) is 3.02. The Morgan fingerprint density at radius 3 is 2.90 bits per heavy atom. The van der Waals surface area contributed by atoms with Crippen LogP contribution in [0.25, 0.3) is 0 Å². The third-order valence-corrected chi connectivity index (χ3v) is 4.55. The third-order valence-electron chi connectivity index (χ3n) is 4.55. The van der Waals surface area contributed by atoms with Crippen LogP contribution in [-0.4, -0.2) is 35.7 Å². The summed E-state index contributed by atoms with van der Waals surface area (Å²) in [6, 6.07) is 8.09. The molecular formula is C17H25NO2. The lowest BCUT2D eigenvalue weighted by Crippen LogP contribution is -2.29. The zero-order valence-electron chi connectivity index (χ0n) is 12.3. The maximum atomic E-state index is 11.0. The van der Waals surface area contributed by atoms with Gasteiger partial charge >= 0.3 is 0 Å². The van der Waals surface area contributed by atoms with Gasteiger partial charge in [0.25, 0.3) is 0 Å². The number of aliphatic hydroxyl groups is 1. The molecule has 1 heterocycles. The molecule has 3 nitrogen and oxygen atoms in total. The summed E-state index contributed by atoms with van der Waals surface area (Å²) in [5.41, 5.74) is 0.334. The van der Waals surface area contributed by atoms with E-state index in [0.29, 0.717) is 6.10 Å².